The van der Waals surface area contributed by atoms with Crippen LogP contribution in [0.1, 0.15) is 25.7 Å². The highest BCUT2D eigenvalue weighted by Crippen LogP contribution is 2.36. The van der Waals surface area contributed by atoms with Crippen LogP contribution in [0.15, 0.2) is 24.3 Å². The first-order valence-electron chi connectivity index (χ1n) is 6.79. The van der Waals surface area contributed by atoms with E-state index in [2.05, 4.69) is 11.9 Å². The van der Waals surface area contributed by atoms with Gasteiger partial charge in [-0.15, -0.1) is 0 Å². The van der Waals surface area contributed by atoms with Crippen LogP contribution < -0.4 is 9.47 Å². The van der Waals surface area contributed by atoms with E-state index in [0.717, 1.165) is 36.4 Å². The maximum atomic E-state index is 6.12. The van der Waals surface area contributed by atoms with Gasteiger partial charge in [-0.1, -0.05) is 6.07 Å². The Balaban J connectivity index is 1.66. The minimum atomic E-state index is 0.366. The van der Waals surface area contributed by atoms with Crippen molar-refractivity contribution in [3.8, 4) is 11.5 Å². The molecule has 3 heteroatoms. The van der Waals surface area contributed by atoms with Crippen molar-refractivity contribution in [1.82, 2.24) is 4.90 Å². The normalized spacial score (nSPS) is 31.3. The Hall–Kier alpha value is -1.22. The van der Waals surface area contributed by atoms with Gasteiger partial charge in [-0.25, -0.2) is 0 Å². The zero-order chi connectivity index (χ0) is 12.5. The molecule has 3 nitrogen and oxygen atoms in total. The molecule has 0 amide bonds. The van der Waals surface area contributed by atoms with Crippen LogP contribution in [0.25, 0.3) is 0 Å². The third-order valence-electron chi connectivity index (χ3n) is 4.40. The van der Waals surface area contributed by atoms with E-state index in [-0.39, 0.29) is 0 Å². The van der Waals surface area contributed by atoms with E-state index in [1.807, 2.05) is 24.3 Å². The summed E-state index contributed by atoms with van der Waals surface area (Å²) in [7, 11) is 3.94. The molecule has 2 heterocycles. The summed E-state index contributed by atoms with van der Waals surface area (Å²) in [4.78, 5) is 2.53. The van der Waals surface area contributed by atoms with Crippen molar-refractivity contribution in [2.75, 3.05) is 14.2 Å². The van der Waals surface area contributed by atoms with Gasteiger partial charge >= 0.3 is 0 Å². The Morgan fingerprint density at radius 3 is 2.44 bits per heavy atom. The fourth-order valence-electron chi connectivity index (χ4n) is 3.32. The van der Waals surface area contributed by atoms with Crippen molar-refractivity contribution in [3.63, 3.8) is 0 Å². The molecule has 1 aromatic rings. The number of ether oxygens (including phenoxy) is 2. The van der Waals surface area contributed by atoms with Crippen LogP contribution in [0.2, 0.25) is 0 Å². The Morgan fingerprint density at radius 1 is 1.11 bits per heavy atom. The molecule has 0 unspecified atom stereocenters. The smallest absolute Gasteiger partial charge is 0.123 e. The van der Waals surface area contributed by atoms with Crippen molar-refractivity contribution in [2.45, 2.75) is 43.9 Å². The van der Waals surface area contributed by atoms with E-state index in [0.29, 0.717) is 6.10 Å². The van der Waals surface area contributed by atoms with Crippen molar-refractivity contribution >= 4 is 0 Å². The summed E-state index contributed by atoms with van der Waals surface area (Å²) in [5.74, 6) is 1.80. The van der Waals surface area contributed by atoms with Crippen LogP contribution in [0.4, 0.5) is 0 Å². The zero-order valence-corrected chi connectivity index (χ0v) is 11.1. The molecule has 2 aliphatic rings. The SMILES string of the molecule is COc1cccc(O[C@@H]2C[C@H]3CC[C@@H](C2)N3C)c1. The molecular weight excluding hydrogens is 226 g/mol. The van der Waals surface area contributed by atoms with Crippen LogP contribution in [-0.4, -0.2) is 37.2 Å². The topological polar surface area (TPSA) is 21.7 Å². The first-order chi connectivity index (χ1) is 8.76. The number of hydrogen-bond acceptors (Lipinski definition) is 3. The second-order valence-corrected chi connectivity index (χ2v) is 5.44. The van der Waals surface area contributed by atoms with Crippen molar-refractivity contribution < 1.29 is 9.47 Å². The molecule has 0 aliphatic carbocycles. The van der Waals surface area contributed by atoms with E-state index >= 15 is 0 Å². The zero-order valence-electron chi connectivity index (χ0n) is 11.1. The molecule has 3 atom stereocenters. The molecular formula is C15H21NO2. The molecule has 98 valence electrons. The lowest BCUT2D eigenvalue weighted by atomic mass is 10.0. The van der Waals surface area contributed by atoms with Gasteiger partial charge in [-0.3, -0.25) is 0 Å². The Kier molecular flexibility index (Phi) is 3.16. The first-order valence-corrected chi connectivity index (χ1v) is 6.79. The third kappa shape index (κ3) is 2.19. The largest absolute Gasteiger partial charge is 0.497 e. The van der Waals surface area contributed by atoms with Crippen LogP contribution in [0.3, 0.4) is 0 Å². The monoisotopic (exact) mass is 247 g/mol. The quantitative estimate of drug-likeness (QED) is 0.819. The molecule has 0 N–H and O–H groups in total. The summed E-state index contributed by atoms with van der Waals surface area (Å²) in [5.41, 5.74) is 0. The number of piperidine rings is 1. The van der Waals surface area contributed by atoms with Gasteiger partial charge in [0.2, 0.25) is 0 Å². The standard InChI is InChI=1S/C15H21NO2/c1-16-11-6-7-12(16)9-15(8-11)18-14-5-3-4-13(10-14)17-2/h3-5,10-12,15H,6-9H2,1-2H3/t11-,12+,15-. The Labute approximate surface area is 109 Å². The van der Waals surface area contributed by atoms with E-state index in [9.17, 15) is 0 Å². The van der Waals surface area contributed by atoms with E-state index in [1.54, 1.807) is 7.11 Å². The number of fused-ring (bicyclic) bond motifs is 2. The van der Waals surface area contributed by atoms with Gasteiger partial charge in [0.05, 0.1) is 7.11 Å². The van der Waals surface area contributed by atoms with Crippen molar-refractivity contribution in [2.24, 2.45) is 0 Å². The van der Waals surface area contributed by atoms with Crippen molar-refractivity contribution in [3.05, 3.63) is 24.3 Å². The Bertz CT molecular complexity index is 407. The maximum Gasteiger partial charge on any atom is 0.123 e. The average Bonchev–Trinajstić information content (AvgIpc) is 2.62. The number of nitrogens with zero attached hydrogens (tertiary/aromatic N) is 1. The lowest BCUT2D eigenvalue weighted by molar-refractivity contribution is 0.0660. The highest BCUT2D eigenvalue weighted by Gasteiger charge is 2.39. The number of rotatable bonds is 3. The highest BCUT2D eigenvalue weighted by molar-refractivity contribution is 5.33. The van der Waals surface area contributed by atoms with E-state index in [4.69, 9.17) is 9.47 Å². The summed E-state index contributed by atoms with van der Waals surface area (Å²) in [5, 5.41) is 0. The van der Waals surface area contributed by atoms with E-state index in [1.165, 1.54) is 12.8 Å². The van der Waals surface area contributed by atoms with Gasteiger partial charge in [0.15, 0.2) is 0 Å². The van der Waals surface area contributed by atoms with Crippen molar-refractivity contribution in [1.29, 1.82) is 0 Å². The van der Waals surface area contributed by atoms with Gasteiger partial charge in [0.25, 0.3) is 0 Å². The number of benzene rings is 1. The molecule has 0 spiro atoms. The molecule has 1 aromatic carbocycles. The molecule has 0 aromatic heterocycles. The maximum absolute atomic E-state index is 6.12. The predicted octanol–water partition coefficient (Wildman–Crippen LogP) is 2.70. The summed E-state index contributed by atoms with van der Waals surface area (Å²) in [6.45, 7) is 0. The average molecular weight is 247 g/mol. The molecule has 0 saturated carbocycles. The summed E-state index contributed by atoms with van der Waals surface area (Å²) < 4.78 is 11.3. The van der Waals surface area contributed by atoms with E-state index < -0.39 is 0 Å². The van der Waals surface area contributed by atoms with Crippen LogP contribution in [-0.2, 0) is 0 Å². The molecule has 2 bridgehead atoms. The molecule has 2 saturated heterocycles. The van der Waals surface area contributed by atoms with Crippen LogP contribution in [0, 0.1) is 0 Å². The number of hydrogen-bond donors (Lipinski definition) is 0. The lowest BCUT2D eigenvalue weighted by Crippen LogP contribution is -2.43. The minimum absolute atomic E-state index is 0.366. The van der Waals surface area contributed by atoms with Gasteiger partial charge in [0.1, 0.15) is 17.6 Å². The molecule has 0 radical (unpaired) electrons. The van der Waals surface area contributed by atoms with Gasteiger partial charge in [-0.2, -0.15) is 0 Å². The first kappa shape index (κ1) is 11.8. The Morgan fingerprint density at radius 2 is 1.78 bits per heavy atom. The minimum Gasteiger partial charge on any atom is -0.497 e. The van der Waals surface area contributed by atoms with Gasteiger partial charge in [-0.05, 0) is 44.9 Å². The fraction of sp³-hybridized carbons (Fsp3) is 0.600. The lowest BCUT2D eigenvalue weighted by Gasteiger charge is -2.36. The van der Waals surface area contributed by atoms with Gasteiger partial charge < -0.3 is 14.4 Å². The second kappa shape index (κ2) is 4.81. The highest BCUT2D eigenvalue weighted by atomic mass is 16.5. The fourth-order valence-corrected chi connectivity index (χ4v) is 3.32. The molecule has 3 rings (SSSR count). The van der Waals surface area contributed by atoms with Crippen LogP contribution in [0.5, 0.6) is 11.5 Å². The number of methoxy groups -OCH3 is 1. The molecule has 2 aliphatic heterocycles. The summed E-state index contributed by atoms with van der Waals surface area (Å²) in [6, 6.07) is 9.37. The van der Waals surface area contributed by atoms with Gasteiger partial charge in [0, 0.05) is 18.2 Å². The van der Waals surface area contributed by atoms with Crippen LogP contribution >= 0.6 is 0 Å². The predicted molar refractivity (Wildman–Crippen MR) is 71.2 cm³/mol. The third-order valence-corrected chi connectivity index (χ3v) is 4.40. The molecule has 2 fully saturated rings. The summed E-state index contributed by atoms with van der Waals surface area (Å²) >= 11 is 0. The second-order valence-electron chi connectivity index (χ2n) is 5.44. The molecule has 18 heavy (non-hydrogen) atoms. The summed E-state index contributed by atoms with van der Waals surface area (Å²) in [6.07, 6.45) is 5.35.